The van der Waals surface area contributed by atoms with Gasteiger partial charge in [0.15, 0.2) is 0 Å². The second kappa shape index (κ2) is 15.2. The highest BCUT2D eigenvalue weighted by Crippen LogP contribution is 2.26. The molecule has 45 heavy (non-hydrogen) atoms. The van der Waals surface area contributed by atoms with E-state index < -0.39 is 28.5 Å². The minimum Gasteiger partial charge on any atom is -0.354 e. The number of benzene rings is 4. The number of amides is 2. The Morgan fingerprint density at radius 1 is 0.778 bits per heavy atom. The molecule has 1 N–H and O–H groups in total. The van der Waals surface area contributed by atoms with Gasteiger partial charge < -0.3 is 10.2 Å². The van der Waals surface area contributed by atoms with Crippen LogP contribution < -0.4 is 9.62 Å². The molecule has 2 amide bonds. The summed E-state index contributed by atoms with van der Waals surface area (Å²) in [4.78, 5) is 29.9. The monoisotopic (exact) mass is 645 g/mol. The minimum atomic E-state index is -4.15. The summed E-state index contributed by atoms with van der Waals surface area (Å²) in [5, 5.41) is 3.54. The highest BCUT2D eigenvalue weighted by atomic mass is 35.5. The van der Waals surface area contributed by atoms with Gasteiger partial charge in [-0.05, 0) is 67.3 Å². The topological polar surface area (TPSA) is 86.8 Å². The molecule has 0 saturated carbocycles. The number of nitrogens with one attached hydrogen (secondary N) is 1. The number of aryl methyl sites for hydroxylation is 2. The van der Waals surface area contributed by atoms with E-state index in [1.807, 2.05) is 58.0 Å². The third-order valence-corrected chi connectivity index (χ3v) is 9.47. The zero-order valence-corrected chi connectivity index (χ0v) is 27.7. The molecule has 4 rings (SSSR count). The third-order valence-electron chi connectivity index (χ3n) is 7.43. The van der Waals surface area contributed by atoms with E-state index in [1.54, 1.807) is 72.8 Å². The number of carbonyl (C=O) groups is 2. The van der Waals surface area contributed by atoms with Crippen molar-refractivity contribution in [1.29, 1.82) is 0 Å². The summed E-state index contributed by atoms with van der Waals surface area (Å²) in [6, 6.07) is 29.2. The summed E-state index contributed by atoms with van der Waals surface area (Å²) in [6.45, 7) is 7.79. The summed E-state index contributed by atoms with van der Waals surface area (Å²) in [6.07, 6.45) is 0.249. The molecule has 4 aromatic carbocycles. The molecule has 0 spiro atoms. The second-order valence-corrected chi connectivity index (χ2v) is 14.0. The summed E-state index contributed by atoms with van der Waals surface area (Å²) in [5.74, 6) is -0.622. The number of nitrogens with zero attached hydrogens (tertiary/aromatic N) is 2. The fourth-order valence-corrected chi connectivity index (χ4v) is 6.38. The van der Waals surface area contributed by atoms with Crippen LogP contribution in [0.25, 0.3) is 0 Å². The quantitative estimate of drug-likeness (QED) is 0.178. The highest BCUT2D eigenvalue weighted by molar-refractivity contribution is 7.92. The van der Waals surface area contributed by atoms with Crippen molar-refractivity contribution < 1.29 is 18.0 Å². The van der Waals surface area contributed by atoms with Crippen LogP contribution in [-0.4, -0.2) is 44.3 Å². The number of rotatable bonds is 13. The van der Waals surface area contributed by atoms with Crippen molar-refractivity contribution in [2.24, 2.45) is 5.92 Å². The van der Waals surface area contributed by atoms with Crippen molar-refractivity contribution >= 4 is 39.1 Å². The number of hydrogen-bond acceptors (Lipinski definition) is 4. The Kier molecular flexibility index (Phi) is 11.4. The van der Waals surface area contributed by atoms with Gasteiger partial charge in [0.2, 0.25) is 11.8 Å². The van der Waals surface area contributed by atoms with E-state index in [4.69, 9.17) is 11.6 Å². The molecule has 9 heteroatoms. The number of halogens is 1. The Hall–Kier alpha value is -4.14. The first-order valence-electron chi connectivity index (χ1n) is 15.0. The predicted molar refractivity (Wildman–Crippen MR) is 181 cm³/mol. The van der Waals surface area contributed by atoms with Gasteiger partial charge in [-0.15, -0.1) is 0 Å². The normalized spacial score (nSPS) is 12.0. The van der Waals surface area contributed by atoms with E-state index in [0.29, 0.717) is 17.3 Å². The van der Waals surface area contributed by atoms with Gasteiger partial charge in [-0.2, -0.15) is 0 Å². The first kappa shape index (κ1) is 33.7. The molecule has 0 radical (unpaired) electrons. The number of sulfonamides is 1. The van der Waals surface area contributed by atoms with Gasteiger partial charge in [-0.25, -0.2) is 8.42 Å². The second-order valence-electron chi connectivity index (χ2n) is 11.7. The molecular formula is C36H40ClN3O4S. The van der Waals surface area contributed by atoms with Crippen molar-refractivity contribution in [3.8, 4) is 0 Å². The SMILES string of the molecule is Cc1ccc(N(CC(=O)N(Cc2ccc(Cl)cc2)[C@@H](Cc2ccccc2)C(=O)NCC(C)C)S(=O)(=O)c2ccc(C)cc2)cc1. The van der Waals surface area contributed by atoms with Gasteiger partial charge in [-0.3, -0.25) is 13.9 Å². The molecule has 0 unspecified atom stereocenters. The molecule has 0 aromatic heterocycles. The molecule has 0 aliphatic rings. The molecular weight excluding hydrogens is 606 g/mol. The van der Waals surface area contributed by atoms with E-state index in [-0.39, 0.29) is 29.7 Å². The van der Waals surface area contributed by atoms with Gasteiger partial charge in [-0.1, -0.05) is 103 Å². The Morgan fingerprint density at radius 2 is 1.36 bits per heavy atom. The largest absolute Gasteiger partial charge is 0.354 e. The van der Waals surface area contributed by atoms with Crippen molar-refractivity contribution in [2.45, 2.75) is 51.6 Å². The Morgan fingerprint density at radius 3 is 1.93 bits per heavy atom. The summed E-state index contributed by atoms with van der Waals surface area (Å²) in [7, 11) is -4.15. The molecule has 0 saturated heterocycles. The van der Waals surface area contributed by atoms with Crippen molar-refractivity contribution in [3.05, 3.63) is 130 Å². The van der Waals surface area contributed by atoms with Gasteiger partial charge >= 0.3 is 0 Å². The fourth-order valence-electron chi connectivity index (χ4n) is 4.84. The predicted octanol–water partition coefficient (Wildman–Crippen LogP) is 6.56. The average Bonchev–Trinajstić information content (AvgIpc) is 3.02. The van der Waals surface area contributed by atoms with Crippen LogP contribution in [0.4, 0.5) is 5.69 Å². The van der Waals surface area contributed by atoms with E-state index in [1.165, 1.54) is 4.90 Å². The van der Waals surface area contributed by atoms with Crippen molar-refractivity contribution in [2.75, 3.05) is 17.4 Å². The lowest BCUT2D eigenvalue weighted by molar-refractivity contribution is -0.140. The minimum absolute atomic E-state index is 0.0706. The summed E-state index contributed by atoms with van der Waals surface area (Å²) < 4.78 is 29.4. The summed E-state index contributed by atoms with van der Waals surface area (Å²) in [5.41, 5.74) is 3.85. The van der Waals surface area contributed by atoms with Gasteiger partial charge in [0.05, 0.1) is 10.6 Å². The van der Waals surface area contributed by atoms with Gasteiger partial charge in [0.1, 0.15) is 12.6 Å². The van der Waals surface area contributed by atoms with Crippen LogP contribution in [0.15, 0.2) is 108 Å². The maximum absolute atomic E-state index is 14.5. The molecule has 236 valence electrons. The first-order chi connectivity index (χ1) is 21.4. The molecule has 0 bridgehead atoms. The van der Waals surface area contributed by atoms with Crippen LogP contribution in [0, 0.1) is 19.8 Å². The zero-order chi connectivity index (χ0) is 32.6. The van der Waals surface area contributed by atoms with Crippen molar-refractivity contribution in [1.82, 2.24) is 10.2 Å². The van der Waals surface area contributed by atoms with Gasteiger partial charge in [0.25, 0.3) is 10.0 Å². The average molecular weight is 646 g/mol. The van der Waals surface area contributed by atoms with E-state index in [2.05, 4.69) is 5.32 Å². The Balaban J connectivity index is 1.79. The first-order valence-corrected chi connectivity index (χ1v) is 16.8. The van der Waals surface area contributed by atoms with Crippen LogP contribution in [-0.2, 0) is 32.6 Å². The maximum atomic E-state index is 14.5. The van der Waals surface area contributed by atoms with Crippen LogP contribution in [0.2, 0.25) is 5.02 Å². The zero-order valence-electron chi connectivity index (χ0n) is 26.1. The number of anilines is 1. The van der Waals surface area contributed by atoms with Crippen LogP contribution >= 0.6 is 11.6 Å². The molecule has 7 nitrogen and oxygen atoms in total. The molecule has 0 aliphatic heterocycles. The lowest BCUT2D eigenvalue weighted by atomic mass is 10.0. The lowest BCUT2D eigenvalue weighted by Crippen LogP contribution is -2.53. The van der Waals surface area contributed by atoms with Crippen molar-refractivity contribution in [3.63, 3.8) is 0 Å². The van der Waals surface area contributed by atoms with Crippen LogP contribution in [0.5, 0.6) is 0 Å². The number of hydrogen-bond donors (Lipinski definition) is 1. The molecule has 1 atom stereocenters. The third kappa shape index (κ3) is 9.19. The lowest BCUT2D eigenvalue weighted by Gasteiger charge is -2.34. The molecule has 0 fully saturated rings. The standard InChI is InChI=1S/C36H40ClN3O4S/c1-26(2)23-38-36(42)34(22-29-8-6-5-7-9-29)39(24-30-14-16-31(37)17-15-30)35(41)25-40(32-18-10-27(3)11-19-32)45(43,44)33-20-12-28(4)13-21-33/h5-21,26,34H,22-25H2,1-4H3,(H,38,42)/t34-/m0/s1. The summed E-state index contributed by atoms with van der Waals surface area (Å²) >= 11 is 6.15. The van der Waals surface area contributed by atoms with E-state index in [0.717, 1.165) is 26.6 Å². The highest BCUT2D eigenvalue weighted by Gasteiger charge is 2.34. The fraction of sp³-hybridized carbons (Fsp3) is 0.278. The number of carbonyl (C=O) groups excluding carboxylic acids is 2. The van der Waals surface area contributed by atoms with Gasteiger partial charge in [0, 0.05) is 24.5 Å². The van der Waals surface area contributed by atoms with Crippen LogP contribution in [0.1, 0.15) is 36.1 Å². The molecule has 4 aromatic rings. The Bertz CT molecular complexity index is 1680. The van der Waals surface area contributed by atoms with Crippen LogP contribution in [0.3, 0.4) is 0 Å². The molecule has 0 heterocycles. The molecule has 0 aliphatic carbocycles. The Labute approximate surface area is 271 Å². The van der Waals surface area contributed by atoms with E-state index >= 15 is 0 Å². The van der Waals surface area contributed by atoms with E-state index in [9.17, 15) is 18.0 Å². The smallest absolute Gasteiger partial charge is 0.264 e. The maximum Gasteiger partial charge on any atom is 0.264 e.